The molecule has 0 bridgehead atoms. The van der Waals surface area contributed by atoms with Crippen molar-refractivity contribution < 1.29 is 14.5 Å². The molecule has 1 aromatic heterocycles. The number of aromatic nitrogens is 2. The monoisotopic (exact) mass is 198 g/mol. The number of hydrogen-bond donors (Lipinski definition) is 1. The summed E-state index contributed by atoms with van der Waals surface area (Å²) < 4.78 is 3.35. The van der Waals surface area contributed by atoms with E-state index < -0.39 is 5.97 Å². The molecule has 0 radical (unpaired) electrons. The van der Waals surface area contributed by atoms with Crippen LogP contribution in [-0.4, -0.2) is 41.2 Å². The van der Waals surface area contributed by atoms with Gasteiger partial charge in [-0.1, -0.05) is 0 Å². The zero-order chi connectivity index (χ0) is 10.7. The summed E-state index contributed by atoms with van der Waals surface area (Å²) in [6.45, 7) is 1.52. The van der Waals surface area contributed by atoms with Crippen molar-refractivity contribution in [1.82, 2.24) is 9.47 Å². The van der Waals surface area contributed by atoms with Gasteiger partial charge in [-0.25, -0.2) is 13.9 Å². The second-order valence-corrected chi connectivity index (χ2v) is 3.53. The van der Waals surface area contributed by atoms with Gasteiger partial charge in [0.05, 0.1) is 7.05 Å². The van der Waals surface area contributed by atoms with Crippen LogP contribution >= 0.6 is 0 Å². The fourth-order valence-corrected chi connectivity index (χ4v) is 1.29. The lowest BCUT2D eigenvalue weighted by Crippen LogP contribution is -2.36. The molecule has 0 saturated carbocycles. The van der Waals surface area contributed by atoms with E-state index in [2.05, 4.69) is 0 Å². The van der Waals surface area contributed by atoms with Crippen LogP contribution in [0.4, 0.5) is 0 Å². The number of carboxylic acids is 1. The molecule has 5 heteroatoms. The van der Waals surface area contributed by atoms with Crippen molar-refractivity contribution in [3.8, 4) is 0 Å². The molecule has 0 aliphatic rings. The van der Waals surface area contributed by atoms with Gasteiger partial charge in [0.25, 0.3) is 0 Å². The highest BCUT2D eigenvalue weighted by Crippen LogP contribution is 1.95. The Morgan fingerprint density at radius 3 is 2.79 bits per heavy atom. The highest BCUT2D eigenvalue weighted by atomic mass is 16.4. The first kappa shape index (κ1) is 10.7. The Bertz CT molecular complexity index is 331. The summed E-state index contributed by atoms with van der Waals surface area (Å²) in [4.78, 5) is 12.9. The van der Waals surface area contributed by atoms with Crippen LogP contribution in [0.15, 0.2) is 12.4 Å². The largest absolute Gasteiger partial charge is 0.472 e. The smallest absolute Gasteiger partial charge is 0.419 e. The summed E-state index contributed by atoms with van der Waals surface area (Å²) in [5.41, 5.74) is 0. The SMILES string of the molecule is CN(C)CCn1cc[n+](C)c1C(=O)O. The molecule has 1 aromatic rings. The van der Waals surface area contributed by atoms with Crippen molar-refractivity contribution in [2.75, 3.05) is 20.6 Å². The molecule has 0 atom stereocenters. The molecule has 0 saturated heterocycles. The van der Waals surface area contributed by atoms with E-state index in [1.807, 2.05) is 19.0 Å². The lowest BCUT2D eigenvalue weighted by atomic mass is 10.5. The van der Waals surface area contributed by atoms with E-state index in [0.717, 1.165) is 6.54 Å². The number of imidazole rings is 1. The summed E-state index contributed by atoms with van der Waals surface area (Å²) in [6.07, 6.45) is 3.53. The molecule has 1 heterocycles. The van der Waals surface area contributed by atoms with Gasteiger partial charge in [-0.2, -0.15) is 0 Å². The van der Waals surface area contributed by atoms with E-state index in [9.17, 15) is 4.79 Å². The molecular weight excluding hydrogens is 182 g/mol. The summed E-state index contributed by atoms with van der Waals surface area (Å²) in [5.74, 6) is -0.580. The van der Waals surface area contributed by atoms with Gasteiger partial charge in [-0.3, -0.25) is 0 Å². The van der Waals surface area contributed by atoms with Crippen LogP contribution < -0.4 is 4.57 Å². The minimum atomic E-state index is -0.892. The second kappa shape index (κ2) is 4.23. The molecule has 14 heavy (non-hydrogen) atoms. The lowest BCUT2D eigenvalue weighted by Gasteiger charge is -2.07. The topological polar surface area (TPSA) is 49.4 Å². The average Bonchev–Trinajstić information content (AvgIpc) is 2.43. The van der Waals surface area contributed by atoms with Gasteiger partial charge in [0.2, 0.25) is 0 Å². The Hall–Kier alpha value is -1.36. The number of nitrogens with zero attached hydrogens (tertiary/aromatic N) is 3. The summed E-state index contributed by atoms with van der Waals surface area (Å²) >= 11 is 0. The minimum Gasteiger partial charge on any atom is -0.472 e. The van der Waals surface area contributed by atoms with Crippen LogP contribution in [0, 0.1) is 0 Å². The van der Waals surface area contributed by atoms with Crippen LogP contribution in [0.5, 0.6) is 0 Å². The van der Waals surface area contributed by atoms with Gasteiger partial charge in [-0.15, -0.1) is 0 Å². The fourth-order valence-electron chi connectivity index (χ4n) is 1.29. The average molecular weight is 198 g/mol. The molecule has 1 N–H and O–H groups in total. The molecule has 5 nitrogen and oxygen atoms in total. The zero-order valence-corrected chi connectivity index (χ0v) is 8.77. The van der Waals surface area contributed by atoms with Gasteiger partial charge >= 0.3 is 11.8 Å². The maximum Gasteiger partial charge on any atom is 0.419 e. The molecule has 78 valence electrons. The number of aryl methyl sites for hydroxylation is 1. The van der Waals surface area contributed by atoms with Gasteiger partial charge in [0, 0.05) is 6.54 Å². The lowest BCUT2D eigenvalue weighted by molar-refractivity contribution is -0.673. The highest BCUT2D eigenvalue weighted by Gasteiger charge is 2.21. The van der Waals surface area contributed by atoms with Crippen molar-refractivity contribution in [1.29, 1.82) is 0 Å². The summed E-state index contributed by atoms with van der Waals surface area (Å²) in [5, 5.41) is 8.95. The molecule has 0 amide bonds. The molecule has 0 aromatic carbocycles. The number of carbonyl (C=O) groups is 1. The third-order valence-electron chi connectivity index (χ3n) is 2.06. The predicted molar refractivity (Wildman–Crippen MR) is 51.1 cm³/mol. The van der Waals surface area contributed by atoms with Crippen LogP contribution in [-0.2, 0) is 13.6 Å². The van der Waals surface area contributed by atoms with Crippen LogP contribution in [0.2, 0.25) is 0 Å². The zero-order valence-electron chi connectivity index (χ0n) is 8.77. The Morgan fingerprint density at radius 1 is 1.64 bits per heavy atom. The molecule has 0 aliphatic carbocycles. The van der Waals surface area contributed by atoms with E-state index in [1.54, 1.807) is 28.6 Å². The van der Waals surface area contributed by atoms with E-state index in [0.29, 0.717) is 12.4 Å². The van der Waals surface area contributed by atoms with Gasteiger partial charge in [0.15, 0.2) is 0 Å². The quantitative estimate of drug-likeness (QED) is 0.668. The standard InChI is InChI=1S/C9H15N3O2/c1-10(2)4-6-12-7-5-11(3)8(12)9(13)14/h5,7H,4,6H2,1-3H3/p+1. The Labute approximate surface area is 83.2 Å². The molecule has 0 aliphatic heterocycles. The van der Waals surface area contributed by atoms with Crippen molar-refractivity contribution in [2.24, 2.45) is 7.05 Å². The van der Waals surface area contributed by atoms with Crippen LogP contribution in [0.3, 0.4) is 0 Å². The third-order valence-corrected chi connectivity index (χ3v) is 2.06. The summed E-state index contributed by atoms with van der Waals surface area (Å²) in [6, 6.07) is 0. The molecular formula is C9H16N3O2+. The number of rotatable bonds is 4. The van der Waals surface area contributed by atoms with E-state index in [4.69, 9.17) is 5.11 Å². The highest BCUT2D eigenvalue weighted by molar-refractivity contribution is 5.81. The van der Waals surface area contributed by atoms with E-state index >= 15 is 0 Å². The number of likely N-dealkylation sites (N-methyl/N-ethyl adjacent to an activating group) is 1. The van der Waals surface area contributed by atoms with E-state index in [1.165, 1.54) is 0 Å². The Balaban J connectivity index is 2.81. The number of hydrogen-bond acceptors (Lipinski definition) is 2. The van der Waals surface area contributed by atoms with E-state index in [-0.39, 0.29) is 0 Å². The normalized spacial score (nSPS) is 10.9. The summed E-state index contributed by atoms with van der Waals surface area (Å²) in [7, 11) is 5.66. The van der Waals surface area contributed by atoms with Crippen molar-refractivity contribution in [3.05, 3.63) is 18.2 Å². The Kier molecular flexibility index (Phi) is 3.24. The number of aromatic carboxylic acids is 1. The first-order chi connectivity index (χ1) is 6.52. The minimum absolute atomic E-state index is 0.312. The molecule has 0 spiro atoms. The Morgan fingerprint density at radius 2 is 2.29 bits per heavy atom. The second-order valence-electron chi connectivity index (χ2n) is 3.53. The van der Waals surface area contributed by atoms with Crippen LogP contribution in [0.1, 0.15) is 10.6 Å². The van der Waals surface area contributed by atoms with Gasteiger partial charge in [0.1, 0.15) is 18.9 Å². The maximum absolute atomic E-state index is 10.9. The predicted octanol–water partition coefficient (Wildman–Crippen LogP) is -0.428. The van der Waals surface area contributed by atoms with Crippen molar-refractivity contribution in [3.63, 3.8) is 0 Å². The van der Waals surface area contributed by atoms with Crippen molar-refractivity contribution in [2.45, 2.75) is 6.54 Å². The maximum atomic E-state index is 10.9. The van der Waals surface area contributed by atoms with Crippen LogP contribution in [0.25, 0.3) is 0 Å². The fraction of sp³-hybridized carbons (Fsp3) is 0.556. The first-order valence-corrected chi connectivity index (χ1v) is 4.45. The molecule has 0 fully saturated rings. The molecule has 0 unspecified atom stereocenters. The number of carboxylic acid groups (broad SMARTS) is 1. The first-order valence-electron chi connectivity index (χ1n) is 4.45. The van der Waals surface area contributed by atoms with Gasteiger partial charge in [-0.05, 0) is 14.1 Å². The van der Waals surface area contributed by atoms with Crippen molar-refractivity contribution >= 4 is 5.97 Å². The third kappa shape index (κ3) is 2.32. The molecule has 1 rings (SSSR count). The van der Waals surface area contributed by atoms with Gasteiger partial charge < -0.3 is 10.0 Å².